The molecule has 0 aliphatic rings. The second-order valence-electron chi connectivity index (χ2n) is 5.08. The van der Waals surface area contributed by atoms with Gasteiger partial charge in [-0.15, -0.1) is 0 Å². The summed E-state index contributed by atoms with van der Waals surface area (Å²) >= 11 is 0. The van der Waals surface area contributed by atoms with E-state index in [1.165, 1.54) is 31.2 Å². The highest BCUT2D eigenvalue weighted by molar-refractivity contribution is 5.29. The van der Waals surface area contributed by atoms with Crippen molar-refractivity contribution in [3.8, 4) is 5.75 Å². The number of benzene rings is 1. The van der Waals surface area contributed by atoms with E-state index < -0.39 is 0 Å². The molecule has 108 valence electrons. The topological polar surface area (TPSA) is 21.3 Å². The van der Waals surface area contributed by atoms with Crippen LogP contribution in [0.5, 0.6) is 5.75 Å². The molecular formula is C17H29NO. The fourth-order valence-electron chi connectivity index (χ4n) is 2.69. The molecule has 2 nitrogen and oxygen atoms in total. The van der Waals surface area contributed by atoms with Gasteiger partial charge in [0.2, 0.25) is 0 Å². The fourth-order valence-corrected chi connectivity index (χ4v) is 2.69. The van der Waals surface area contributed by atoms with Crippen molar-refractivity contribution in [1.29, 1.82) is 0 Å². The minimum Gasteiger partial charge on any atom is -0.494 e. The van der Waals surface area contributed by atoms with E-state index in [2.05, 4.69) is 50.5 Å². The van der Waals surface area contributed by atoms with Crippen LogP contribution in [-0.4, -0.2) is 13.7 Å². The summed E-state index contributed by atoms with van der Waals surface area (Å²) in [6, 6.07) is 9.00. The average Bonchev–Trinajstić information content (AvgIpc) is 2.45. The second-order valence-corrected chi connectivity index (χ2v) is 5.08. The van der Waals surface area contributed by atoms with Crippen LogP contribution >= 0.6 is 0 Å². The molecule has 1 aromatic rings. The van der Waals surface area contributed by atoms with Crippen molar-refractivity contribution >= 4 is 0 Å². The molecule has 1 aromatic carbocycles. The molecule has 2 unspecified atom stereocenters. The molecule has 0 saturated heterocycles. The third-order valence-corrected chi connectivity index (χ3v) is 3.79. The van der Waals surface area contributed by atoms with Gasteiger partial charge in [0.1, 0.15) is 5.75 Å². The molecule has 19 heavy (non-hydrogen) atoms. The van der Waals surface area contributed by atoms with Crippen LogP contribution in [0.1, 0.15) is 58.1 Å². The molecule has 0 saturated carbocycles. The van der Waals surface area contributed by atoms with Gasteiger partial charge in [0.25, 0.3) is 0 Å². The van der Waals surface area contributed by atoms with E-state index in [0.717, 1.165) is 12.4 Å². The summed E-state index contributed by atoms with van der Waals surface area (Å²) < 4.78 is 5.51. The van der Waals surface area contributed by atoms with E-state index in [1.54, 1.807) is 0 Å². The predicted molar refractivity (Wildman–Crippen MR) is 82.7 cm³/mol. The van der Waals surface area contributed by atoms with Crippen LogP contribution in [0.25, 0.3) is 0 Å². The molecule has 0 fully saturated rings. The summed E-state index contributed by atoms with van der Waals surface area (Å²) in [6.07, 6.45) is 5.11. The standard InChI is InChI=1S/C17H29NO/c1-5-8-9-14(6-2)17(18-4)15-10-12-16(13-11-15)19-7-3/h10-14,17-18H,5-9H2,1-4H3. The van der Waals surface area contributed by atoms with Gasteiger partial charge < -0.3 is 10.1 Å². The highest BCUT2D eigenvalue weighted by Crippen LogP contribution is 2.29. The van der Waals surface area contributed by atoms with Crippen LogP contribution in [0, 0.1) is 5.92 Å². The fraction of sp³-hybridized carbons (Fsp3) is 0.647. The van der Waals surface area contributed by atoms with Crippen LogP contribution in [0.4, 0.5) is 0 Å². The van der Waals surface area contributed by atoms with Gasteiger partial charge in [-0.2, -0.15) is 0 Å². The monoisotopic (exact) mass is 263 g/mol. The molecule has 0 heterocycles. The maximum absolute atomic E-state index is 5.51. The largest absolute Gasteiger partial charge is 0.494 e. The third-order valence-electron chi connectivity index (χ3n) is 3.79. The van der Waals surface area contributed by atoms with Crippen LogP contribution in [-0.2, 0) is 0 Å². The van der Waals surface area contributed by atoms with Crippen molar-refractivity contribution in [2.45, 2.75) is 52.5 Å². The van der Waals surface area contributed by atoms with Crippen LogP contribution < -0.4 is 10.1 Å². The van der Waals surface area contributed by atoms with E-state index >= 15 is 0 Å². The minimum atomic E-state index is 0.451. The number of ether oxygens (including phenoxy) is 1. The van der Waals surface area contributed by atoms with Crippen LogP contribution in [0.3, 0.4) is 0 Å². The van der Waals surface area contributed by atoms with Gasteiger partial charge in [0.15, 0.2) is 0 Å². The van der Waals surface area contributed by atoms with Crippen molar-refractivity contribution < 1.29 is 4.74 Å². The van der Waals surface area contributed by atoms with Crippen LogP contribution in [0.15, 0.2) is 24.3 Å². The Balaban J connectivity index is 2.76. The van der Waals surface area contributed by atoms with Crippen molar-refractivity contribution in [3.05, 3.63) is 29.8 Å². The first kappa shape index (κ1) is 16.0. The highest BCUT2D eigenvalue weighted by Gasteiger charge is 2.19. The molecule has 1 rings (SSSR count). The van der Waals surface area contributed by atoms with Gasteiger partial charge in [-0.3, -0.25) is 0 Å². The molecule has 2 atom stereocenters. The van der Waals surface area contributed by atoms with Gasteiger partial charge in [-0.05, 0) is 44.0 Å². The zero-order chi connectivity index (χ0) is 14.1. The summed E-state index contributed by atoms with van der Waals surface area (Å²) in [6.45, 7) is 7.29. The molecule has 0 spiro atoms. The molecule has 0 aliphatic heterocycles. The molecule has 0 aliphatic carbocycles. The van der Waals surface area contributed by atoms with E-state index in [0.29, 0.717) is 12.0 Å². The first-order chi connectivity index (χ1) is 9.26. The number of hydrogen-bond acceptors (Lipinski definition) is 2. The van der Waals surface area contributed by atoms with E-state index in [1.807, 2.05) is 6.92 Å². The Morgan fingerprint density at radius 1 is 1.11 bits per heavy atom. The van der Waals surface area contributed by atoms with Crippen molar-refractivity contribution in [2.24, 2.45) is 5.92 Å². The molecule has 2 heteroatoms. The quantitative estimate of drug-likeness (QED) is 0.705. The number of nitrogens with one attached hydrogen (secondary N) is 1. The van der Waals surface area contributed by atoms with Gasteiger partial charge in [0, 0.05) is 6.04 Å². The van der Waals surface area contributed by atoms with Gasteiger partial charge in [-0.25, -0.2) is 0 Å². The Kier molecular flexibility index (Phi) is 7.57. The Hall–Kier alpha value is -1.02. The summed E-state index contributed by atoms with van der Waals surface area (Å²) in [5.41, 5.74) is 1.37. The lowest BCUT2D eigenvalue weighted by Crippen LogP contribution is -2.25. The Bertz CT molecular complexity index is 334. The highest BCUT2D eigenvalue weighted by atomic mass is 16.5. The first-order valence-electron chi connectivity index (χ1n) is 7.66. The van der Waals surface area contributed by atoms with E-state index in [9.17, 15) is 0 Å². The number of hydrogen-bond donors (Lipinski definition) is 1. The van der Waals surface area contributed by atoms with Crippen LogP contribution in [0.2, 0.25) is 0 Å². The van der Waals surface area contributed by atoms with Crippen molar-refractivity contribution in [3.63, 3.8) is 0 Å². The molecule has 0 aromatic heterocycles. The predicted octanol–water partition coefficient (Wildman–Crippen LogP) is 4.56. The van der Waals surface area contributed by atoms with Gasteiger partial charge in [-0.1, -0.05) is 45.2 Å². The molecule has 0 amide bonds. The van der Waals surface area contributed by atoms with Crippen molar-refractivity contribution in [1.82, 2.24) is 5.32 Å². The Morgan fingerprint density at radius 2 is 1.79 bits per heavy atom. The van der Waals surface area contributed by atoms with E-state index in [4.69, 9.17) is 4.74 Å². The SMILES string of the molecule is CCCCC(CC)C(NC)c1ccc(OCC)cc1. The lowest BCUT2D eigenvalue weighted by molar-refractivity contribution is 0.333. The molecular weight excluding hydrogens is 234 g/mol. The molecule has 1 N–H and O–H groups in total. The summed E-state index contributed by atoms with van der Waals surface area (Å²) in [7, 11) is 2.07. The number of unbranched alkanes of at least 4 members (excludes halogenated alkanes) is 1. The molecule has 0 radical (unpaired) electrons. The normalized spacial score (nSPS) is 14.1. The lowest BCUT2D eigenvalue weighted by atomic mass is 9.87. The maximum Gasteiger partial charge on any atom is 0.119 e. The first-order valence-corrected chi connectivity index (χ1v) is 7.66. The third kappa shape index (κ3) is 4.87. The average molecular weight is 263 g/mol. The lowest BCUT2D eigenvalue weighted by Gasteiger charge is -2.26. The summed E-state index contributed by atoms with van der Waals surface area (Å²) in [5.74, 6) is 1.67. The van der Waals surface area contributed by atoms with E-state index in [-0.39, 0.29) is 0 Å². The molecule has 0 bridgehead atoms. The Labute approximate surface area is 118 Å². The summed E-state index contributed by atoms with van der Waals surface area (Å²) in [4.78, 5) is 0. The van der Waals surface area contributed by atoms with Gasteiger partial charge in [0.05, 0.1) is 6.61 Å². The van der Waals surface area contributed by atoms with Crippen molar-refractivity contribution in [2.75, 3.05) is 13.7 Å². The Morgan fingerprint density at radius 3 is 2.26 bits per heavy atom. The zero-order valence-corrected chi connectivity index (χ0v) is 12.9. The summed E-state index contributed by atoms with van der Waals surface area (Å²) in [5, 5.41) is 3.49. The second kappa shape index (κ2) is 8.98. The minimum absolute atomic E-state index is 0.451. The zero-order valence-electron chi connectivity index (χ0n) is 12.9. The smallest absolute Gasteiger partial charge is 0.119 e. The van der Waals surface area contributed by atoms with Gasteiger partial charge >= 0.3 is 0 Å². The maximum atomic E-state index is 5.51. The number of rotatable bonds is 9.